The van der Waals surface area contributed by atoms with E-state index in [1.54, 1.807) is 6.20 Å². The molecule has 0 spiro atoms. The lowest BCUT2D eigenvalue weighted by Gasteiger charge is -2.23. The van der Waals surface area contributed by atoms with Crippen molar-refractivity contribution in [3.63, 3.8) is 0 Å². The standard InChI is InChI=1S/C16H20N4O2/c1-11-5-6-13(9-17-11)10-18-16(21)20-7-3-4-14(20)15-8-12(2)19-22-15/h5-6,8-9,14H,3-4,7,10H2,1-2H3,(H,18,21)/t14-/m1/s1. The van der Waals surface area contributed by atoms with E-state index in [-0.39, 0.29) is 12.1 Å². The topological polar surface area (TPSA) is 71.3 Å². The van der Waals surface area contributed by atoms with E-state index in [1.807, 2.05) is 36.9 Å². The predicted octanol–water partition coefficient (Wildman–Crippen LogP) is 2.73. The Morgan fingerprint density at radius 1 is 1.41 bits per heavy atom. The van der Waals surface area contributed by atoms with Crippen LogP contribution in [-0.4, -0.2) is 27.6 Å². The Bertz CT molecular complexity index is 650. The molecule has 0 unspecified atom stereocenters. The van der Waals surface area contributed by atoms with Crippen molar-refractivity contribution in [2.45, 2.75) is 39.3 Å². The van der Waals surface area contributed by atoms with Crippen molar-refractivity contribution in [1.29, 1.82) is 0 Å². The van der Waals surface area contributed by atoms with Gasteiger partial charge in [-0.05, 0) is 38.3 Å². The van der Waals surface area contributed by atoms with Crippen molar-refractivity contribution in [1.82, 2.24) is 20.4 Å². The summed E-state index contributed by atoms with van der Waals surface area (Å²) in [5.41, 5.74) is 2.80. The van der Waals surface area contributed by atoms with Crippen LogP contribution in [0, 0.1) is 13.8 Å². The van der Waals surface area contributed by atoms with Gasteiger partial charge < -0.3 is 14.7 Å². The first-order valence-corrected chi connectivity index (χ1v) is 7.53. The van der Waals surface area contributed by atoms with Crippen molar-refractivity contribution >= 4 is 6.03 Å². The van der Waals surface area contributed by atoms with Crippen LogP contribution in [0.5, 0.6) is 0 Å². The monoisotopic (exact) mass is 300 g/mol. The van der Waals surface area contributed by atoms with Crippen LogP contribution < -0.4 is 5.32 Å². The molecule has 0 aliphatic carbocycles. The number of rotatable bonds is 3. The van der Waals surface area contributed by atoms with E-state index in [2.05, 4.69) is 15.5 Å². The lowest BCUT2D eigenvalue weighted by atomic mass is 10.1. The molecule has 2 aromatic rings. The molecule has 1 saturated heterocycles. The van der Waals surface area contributed by atoms with Crippen LogP contribution in [0.2, 0.25) is 0 Å². The van der Waals surface area contributed by atoms with E-state index in [9.17, 15) is 4.79 Å². The number of pyridine rings is 1. The van der Waals surface area contributed by atoms with Gasteiger partial charge in [0.1, 0.15) is 0 Å². The van der Waals surface area contributed by atoms with Gasteiger partial charge in [0.2, 0.25) is 0 Å². The van der Waals surface area contributed by atoms with Crippen LogP contribution in [0.25, 0.3) is 0 Å². The fourth-order valence-electron chi connectivity index (χ4n) is 2.73. The van der Waals surface area contributed by atoms with Crippen molar-refractivity contribution in [3.05, 3.63) is 47.1 Å². The number of nitrogens with zero attached hydrogens (tertiary/aromatic N) is 3. The Hall–Kier alpha value is -2.37. The number of amides is 2. The zero-order valence-electron chi connectivity index (χ0n) is 12.9. The predicted molar refractivity (Wildman–Crippen MR) is 81.1 cm³/mol. The highest BCUT2D eigenvalue weighted by Gasteiger charge is 2.32. The lowest BCUT2D eigenvalue weighted by molar-refractivity contribution is 0.182. The van der Waals surface area contributed by atoms with Gasteiger partial charge >= 0.3 is 6.03 Å². The van der Waals surface area contributed by atoms with E-state index in [0.29, 0.717) is 6.54 Å². The van der Waals surface area contributed by atoms with Gasteiger partial charge in [-0.1, -0.05) is 11.2 Å². The summed E-state index contributed by atoms with van der Waals surface area (Å²) < 4.78 is 5.32. The summed E-state index contributed by atoms with van der Waals surface area (Å²) in [5, 5.41) is 6.87. The number of aromatic nitrogens is 2. The van der Waals surface area contributed by atoms with Crippen LogP contribution in [-0.2, 0) is 6.54 Å². The zero-order chi connectivity index (χ0) is 15.5. The quantitative estimate of drug-likeness (QED) is 0.946. The molecule has 116 valence electrons. The van der Waals surface area contributed by atoms with Gasteiger partial charge in [0.05, 0.1) is 11.7 Å². The molecule has 0 bridgehead atoms. The smallest absolute Gasteiger partial charge is 0.318 e. The van der Waals surface area contributed by atoms with Gasteiger partial charge in [0.25, 0.3) is 0 Å². The SMILES string of the molecule is Cc1ccc(CNC(=O)N2CCC[C@@H]2c2cc(C)no2)cn1. The van der Waals surface area contributed by atoms with Crippen LogP contribution in [0.3, 0.4) is 0 Å². The summed E-state index contributed by atoms with van der Waals surface area (Å²) in [6, 6.07) is 5.73. The van der Waals surface area contributed by atoms with Gasteiger partial charge in [0, 0.05) is 31.0 Å². The Balaban J connectivity index is 1.62. The fourth-order valence-corrected chi connectivity index (χ4v) is 2.73. The molecule has 0 radical (unpaired) electrons. The summed E-state index contributed by atoms with van der Waals surface area (Å²) in [5.74, 6) is 0.766. The first-order valence-electron chi connectivity index (χ1n) is 7.53. The summed E-state index contributed by atoms with van der Waals surface area (Å²) in [6.07, 6.45) is 3.68. The van der Waals surface area contributed by atoms with E-state index in [0.717, 1.165) is 42.1 Å². The summed E-state index contributed by atoms with van der Waals surface area (Å²) in [7, 11) is 0. The average Bonchev–Trinajstić information content (AvgIpc) is 3.14. The molecule has 1 atom stereocenters. The number of aryl methyl sites for hydroxylation is 2. The van der Waals surface area contributed by atoms with E-state index in [4.69, 9.17) is 4.52 Å². The maximum atomic E-state index is 12.4. The number of nitrogens with one attached hydrogen (secondary N) is 1. The van der Waals surface area contributed by atoms with Crippen LogP contribution >= 0.6 is 0 Å². The van der Waals surface area contributed by atoms with Crippen LogP contribution in [0.4, 0.5) is 4.79 Å². The first kappa shape index (κ1) is 14.6. The second-order valence-corrected chi connectivity index (χ2v) is 5.69. The van der Waals surface area contributed by atoms with Gasteiger partial charge in [-0.2, -0.15) is 0 Å². The fraction of sp³-hybridized carbons (Fsp3) is 0.438. The molecule has 1 aliphatic rings. The molecule has 6 heteroatoms. The summed E-state index contributed by atoms with van der Waals surface area (Å²) in [6.45, 7) is 5.04. The minimum absolute atomic E-state index is 0.0163. The lowest BCUT2D eigenvalue weighted by Crippen LogP contribution is -2.39. The van der Waals surface area contributed by atoms with Crippen molar-refractivity contribution in [2.24, 2.45) is 0 Å². The number of likely N-dealkylation sites (tertiary alicyclic amines) is 1. The van der Waals surface area contributed by atoms with E-state index in [1.165, 1.54) is 0 Å². The van der Waals surface area contributed by atoms with Crippen molar-refractivity contribution in [2.75, 3.05) is 6.54 Å². The minimum atomic E-state index is -0.0721. The van der Waals surface area contributed by atoms with Gasteiger partial charge in [-0.15, -0.1) is 0 Å². The van der Waals surface area contributed by atoms with Crippen LogP contribution in [0.1, 0.15) is 41.6 Å². The molecule has 1 N–H and O–H groups in total. The largest absolute Gasteiger partial charge is 0.359 e. The first-order chi connectivity index (χ1) is 10.6. The van der Waals surface area contributed by atoms with E-state index >= 15 is 0 Å². The Morgan fingerprint density at radius 3 is 2.95 bits per heavy atom. The molecule has 2 aromatic heterocycles. The normalized spacial score (nSPS) is 17.7. The van der Waals surface area contributed by atoms with Crippen LogP contribution in [0.15, 0.2) is 28.9 Å². The molecular formula is C16H20N4O2. The maximum Gasteiger partial charge on any atom is 0.318 e. The molecule has 2 amide bonds. The van der Waals surface area contributed by atoms with Gasteiger partial charge in [0.15, 0.2) is 5.76 Å². The van der Waals surface area contributed by atoms with Crippen molar-refractivity contribution in [3.8, 4) is 0 Å². The number of carbonyl (C=O) groups excluding carboxylic acids is 1. The molecule has 1 aliphatic heterocycles. The number of hydrogen-bond donors (Lipinski definition) is 1. The number of hydrogen-bond acceptors (Lipinski definition) is 4. The summed E-state index contributed by atoms with van der Waals surface area (Å²) in [4.78, 5) is 18.5. The van der Waals surface area contributed by atoms with Gasteiger partial charge in [-0.3, -0.25) is 4.98 Å². The second kappa shape index (κ2) is 6.17. The third-order valence-electron chi connectivity index (χ3n) is 3.90. The number of urea groups is 1. The van der Waals surface area contributed by atoms with Gasteiger partial charge in [-0.25, -0.2) is 4.79 Å². The third kappa shape index (κ3) is 3.10. The number of carbonyl (C=O) groups is 1. The van der Waals surface area contributed by atoms with Crippen molar-refractivity contribution < 1.29 is 9.32 Å². The molecule has 0 saturated carbocycles. The molecular weight excluding hydrogens is 280 g/mol. The molecule has 22 heavy (non-hydrogen) atoms. The summed E-state index contributed by atoms with van der Waals surface area (Å²) >= 11 is 0. The highest BCUT2D eigenvalue weighted by atomic mass is 16.5. The second-order valence-electron chi connectivity index (χ2n) is 5.69. The third-order valence-corrected chi connectivity index (χ3v) is 3.90. The maximum absolute atomic E-state index is 12.4. The Morgan fingerprint density at radius 2 is 2.27 bits per heavy atom. The molecule has 6 nitrogen and oxygen atoms in total. The minimum Gasteiger partial charge on any atom is -0.359 e. The Labute approximate surface area is 129 Å². The molecule has 3 rings (SSSR count). The molecule has 3 heterocycles. The molecule has 1 fully saturated rings. The van der Waals surface area contributed by atoms with E-state index < -0.39 is 0 Å². The average molecular weight is 300 g/mol. The zero-order valence-corrected chi connectivity index (χ0v) is 12.9. The molecule has 0 aromatic carbocycles. The Kier molecular flexibility index (Phi) is 4.09. The highest BCUT2D eigenvalue weighted by molar-refractivity contribution is 5.75. The highest BCUT2D eigenvalue weighted by Crippen LogP contribution is 2.32.